The summed E-state index contributed by atoms with van der Waals surface area (Å²) < 4.78 is 11.0. The van der Waals surface area contributed by atoms with Gasteiger partial charge in [-0.05, 0) is 37.8 Å². The van der Waals surface area contributed by atoms with Crippen molar-refractivity contribution in [3.05, 3.63) is 29.8 Å². The first-order chi connectivity index (χ1) is 10.2. The number of hydrogen-bond acceptors (Lipinski definition) is 4. The third kappa shape index (κ3) is 5.05. The Morgan fingerprint density at radius 2 is 2.10 bits per heavy atom. The molecular formula is C17H25NO3. The number of ether oxygens (including phenoxy) is 2. The average molecular weight is 291 g/mol. The fourth-order valence-corrected chi connectivity index (χ4v) is 2.27. The fourth-order valence-electron chi connectivity index (χ4n) is 2.27. The summed E-state index contributed by atoms with van der Waals surface area (Å²) in [5.74, 6) is 0.741. The Morgan fingerprint density at radius 1 is 1.33 bits per heavy atom. The lowest BCUT2D eigenvalue weighted by atomic mass is 10.1. The second-order valence-corrected chi connectivity index (χ2v) is 5.34. The van der Waals surface area contributed by atoms with E-state index in [9.17, 15) is 4.79 Å². The Labute approximate surface area is 126 Å². The first-order valence-corrected chi connectivity index (χ1v) is 7.88. The maximum Gasteiger partial charge on any atom is 0.323 e. The molecule has 0 heterocycles. The molecule has 1 aromatic carbocycles. The lowest BCUT2D eigenvalue weighted by molar-refractivity contribution is -0.146. The highest BCUT2D eigenvalue weighted by atomic mass is 16.5. The van der Waals surface area contributed by atoms with Crippen molar-refractivity contribution < 1.29 is 14.3 Å². The predicted octanol–water partition coefficient (Wildman–Crippen LogP) is 2.70. The molecule has 1 aliphatic rings. The lowest BCUT2D eigenvalue weighted by Crippen LogP contribution is -2.40. The summed E-state index contributed by atoms with van der Waals surface area (Å²) in [5.41, 5.74) is 1.19. The summed E-state index contributed by atoms with van der Waals surface area (Å²) in [6.07, 6.45) is 3.87. The van der Waals surface area contributed by atoms with Gasteiger partial charge >= 0.3 is 5.97 Å². The zero-order valence-corrected chi connectivity index (χ0v) is 12.9. The van der Waals surface area contributed by atoms with Gasteiger partial charge in [0.25, 0.3) is 0 Å². The number of para-hydroxylation sites is 1. The van der Waals surface area contributed by atoms with Crippen LogP contribution < -0.4 is 10.1 Å². The van der Waals surface area contributed by atoms with Crippen molar-refractivity contribution >= 4 is 5.97 Å². The summed E-state index contributed by atoms with van der Waals surface area (Å²) in [6.45, 7) is 4.87. The highest BCUT2D eigenvalue weighted by Gasteiger charge is 2.29. The van der Waals surface area contributed by atoms with Crippen molar-refractivity contribution in [2.75, 3.05) is 13.2 Å². The van der Waals surface area contributed by atoms with Crippen LogP contribution in [0.25, 0.3) is 0 Å². The SMILES string of the molecule is CCOC(=O)C(CCOc1ccccc1CC)NC1CC1. The van der Waals surface area contributed by atoms with Crippen LogP contribution in [0.5, 0.6) is 5.75 Å². The first-order valence-electron chi connectivity index (χ1n) is 7.88. The molecule has 0 saturated heterocycles. The highest BCUT2D eigenvalue weighted by Crippen LogP contribution is 2.21. The van der Waals surface area contributed by atoms with Crippen molar-refractivity contribution in [3.63, 3.8) is 0 Å². The van der Waals surface area contributed by atoms with Crippen molar-refractivity contribution in [1.29, 1.82) is 0 Å². The van der Waals surface area contributed by atoms with E-state index >= 15 is 0 Å². The van der Waals surface area contributed by atoms with Crippen LogP contribution in [0.2, 0.25) is 0 Å². The van der Waals surface area contributed by atoms with Crippen molar-refractivity contribution in [2.45, 2.75) is 51.6 Å². The van der Waals surface area contributed by atoms with Crippen LogP contribution in [0, 0.1) is 0 Å². The lowest BCUT2D eigenvalue weighted by Gasteiger charge is -2.18. The van der Waals surface area contributed by atoms with Crippen LogP contribution in [-0.2, 0) is 16.0 Å². The van der Waals surface area contributed by atoms with Gasteiger partial charge < -0.3 is 14.8 Å². The van der Waals surface area contributed by atoms with Crippen LogP contribution in [0.15, 0.2) is 24.3 Å². The standard InChI is InChI=1S/C17H25NO3/c1-3-13-7-5-6-8-16(13)21-12-11-15(17(19)20-4-2)18-14-9-10-14/h5-8,14-15,18H,3-4,9-12H2,1-2H3. The maximum atomic E-state index is 11.9. The third-order valence-electron chi connectivity index (χ3n) is 3.60. The minimum Gasteiger partial charge on any atom is -0.493 e. The Morgan fingerprint density at radius 3 is 2.76 bits per heavy atom. The molecule has 2 rings (SSSR count). The molecule has 0 radical (unpaired) electrons. The minimum absolute atomic E-state index is 0.170. The Balaban J connectivity index is 1.84. The molecule has 1 saturated carbocycles. The molecule has 0 aromatic heterocycles. The number of carbonyl (C=O) groups excluding carboxylic acids is 1. The van der Waals surface area contributed by atoms with Gasteiger partial charge in [0.2, 0.25) is 0 Å². The van der Waals surface area contributed by atoms with Crippen LogP contribution in [0.4, 0.5) is 0 Å². The van der Waals surface area contributed by atoms with Crippen molar-refractivity contribution in [1.82, 2.24) is 5.32 Å². The second-order valence-electron chi connectivity index (χ2n) is 5.34. The Kier molecular flexibility index (Phi) is 6.05. The Hall–Kier alpha value is -1.55. The van der Waals surface area contributed by atoms with E-state index in [1.807, 2.05) is 25.1 Å². The van der Waals surface area contributed by atoms with E-state index in [-0.39, 0.29) is 12.0 Å². The van der Waals surface area contributed by atoms with E-state index in [1.165, 1.54) is 5.56 Å². The minimum atomic E-state index is -0.258. The van der Waals surface area contributed by atoms with Crippen LogP contribution in [-0.4, -0.2) is 31.3 Å². The molecule has 1 aromatic rings. The van der Waals surface area contributed by atoms with Gasteiger partial charge in [-0.25, -0.2) is 0 Å². The number of rotatable bonds is 9. The van der Waals surface area contributed by atoms with E-state index in [0.717, 1.165) is 25.0 Å². The smallest absolute Gasteiger partial charge is 0.323 e. The molecule has 1 unspecified atom stereocenters. The Bertz CT molecular complexity index is 457. The molecule has 21 heavy (non-hydrogen) atoms. The zero-order chi connectivity index (χ0) is 15.1. The normalized spacial score (nSPS) is 15.5. The van der Waals surface area contributed by atoms with Gasteiger partial charge in [0.05, 0.1) is 13.2 Å². The molecule has 1 fully saturated rings. The quantitative estimate of drug-likeness (QED) is 0.711. The summed E-state index contributed by atoms with van der Waals surface area (Å²) in [4.78, 5) is 11.9. The van der Waals surface area contributed by atoms with E-state index in [4.69, 9.17) is 9.47 Å². The molecular weight excluding hydrogens is 266 g/mol. The number of carbonyl (C=O) groups is 1. The molecule has 0 amide bonds. The summed E-state index contributed by atoms with van der Waals surface area (Å²) in [5, 5.41) is 3.34. The molecule has 0 spiro atoms. The second kappa shape index (κ2) is 8.03. The topological polar surface area (TPSA) is 47.6 Å². The molecule has 116 valence electrons. The maximum absolute atomic E-state index is 11.9. The molecule has 4 nitrogen and oxygen atoms in total. The molecule has 1 atom stereocenters. The van der Waals surface area contributed by atoms with Gasteiger partial charge in [-0.1, -0.05) is 25.1 Å². The molecule has 1 N–H and O–H groups in total. The van der Waals surface area contributed by atoms with E-state index in [1.54, 1.807) is 0 Å². The summed E-state index contributed by atoms with van der Waals surface area (Å²) in [7, 11) is 0. The van der Waals surface area contributed by atoms with Crippen LogP contribution in [0.3, 0.4) is 0 Å². The van der Waals surface area contributed by atoms with Gasteiger partial charge in [-0.3, -0.25) is 4.79 Å². The zero-order valence-electron chi connectivity index (χ0n) is 12.9. The highest BCUT2D eigenvalue weighted by molar-refractivity contribution is 5.75. The third-order valence-corrected chi connectivity index (χ3v) is 3.60. The largest absolute Gasteiger partial charge is 0.493 e. The number of benzene rings is 1. The average Bonchev–Trinajstić information content (AvgIpc) is 3.31. The number of esters is 1. The van der Waals surface area contributed by atoms with Gasteiger partial charge in [-0.2, -0.15) is 0 Å². The van der Waals surface area contributed by atoms with Crippen LogP contribution in [0.1, 0.15) is 38.7 Å². The fraction of sp³-hybridized carbons (Fsp3) is 0.588. The predicted molar refractivity (Wildman–Crippen MR) is 82.5 cm³/mol. The van der Waals surface area contributed by atoms with E-state index in [2.05, 4.69) is 18.3 Å². The summed E-state index contributed by atoms with van der Waals surface area (Å²) in [6, 6.07) is 8.25. The van der Waals surface area contributed by atoms with E-state index in [0.29, 0.717) is 25.7 Å². The molecule has 1 aliphatic carbocycles. The molecule has 0 aliphatic heterocycles. The van der Waals surface area contributed by atoms with E-state index < -0.39 is 0 Å². The van der Waals surface area contributed by atoms with Gasteiger partial charge in [0, 0.05) is 12.5 Å². The number of nitrogens with one attached hydrogen (secondary N) is 1. The monoisotopic (exact) mass is 291 g/mol. The number of aryl methyl sites for hydroxylation is 1. The van der Waals surface area contributed by atoms with Crippen LogP contribution >= 0.6 is 0 Å². The van der Waals surface area contributed by atoms with Gasteiger partial charge in [0.15, 0.2) is 0 Å². The first kappa shape index (κ1) is 15.8. The summed E-state index contributed by atoms with van der Waals surface area (Å²) >= 11 is 0. The van der Waals surface area contributed by atoms with Gasteiger partial charge in [-0.15, -0.1) is 0 Å². The van der Waals surface area contributed by atoms with Crippen molar-refractivity contribution in [2.24, 2.45) is 0 Å². The van der Waals surface area contributed by atoms with Gasteiger partial charge in [0.1, 0.15) is 11.8 Å². The van der Waals surface area contributed by atoms with Crippen molar-refractivity contribution in [3.8, 4) is 5.75 Å². The molecule has 0 bridgehead atoms. The molecule has 4 heteroatoms. The number of hydrogen-bond donors (Lipinski definition) is 1.